The van der Waals surface area contributed by atoms with Gasteiger partial charge in [0, 0.05) is 5.92 Å². The smallest absolute Gasteiger partial charge is 0.227 e. The Morgan fingerprint density at radius 2 is 2.00 bits per heavy atom. The zero-order valence-electron chi connectivity index (χ0n) is 12.2. The van der Waals surface area contributed by atoms with Gasteiger partial charge in [0.1, 0.15) is 5.82 Å². The van der Waals surface area contributed by atoms with Crippen molar-refractivity contribution in [1.29, 1.82) is 0 Å². The minimum Gasteiger partial charge on any atom is -0.323 e. The quantitative estimate of drug-likeness (QED) is 0.939. The minimum absolute atomic E-state index is 0.0857. The number of aryl methyl sites for hydroxylation is 1. The zero-order chi connectivity index (χ0) is 15.0. The summed E-state index contributed by atoms with van der Waals surface area (Å²) in [6, 6.07) is 6.37. The second kappa shape index (κ2) is 5.31. The highest BCUT2D eigenvalue weighted by Gasteiger charge is 2.30. The van der Waals surface area contributed by atoms with E-state index in [1.807, 2.05) is 18.5 Å². The number of hydrogen-bond acceptors (Lipinski definition) is 2. The Bertz CT molecular complexity index is 672. The van der Waals surface area contributed by atoms with E-state index in [-0.39, 0.29) is 17.6 Å². The number of carbonyl (C=O) groups is 1. The Morgan fingerprint density at radius 3 is 2.62 bits per heavy atom. The van der Waals surface area contributed by atoms with Gasteiger partial charge in [0.25, 0.3) is 0 Å². The molecule has 4 nitrogen and oxygen atoms in total. The number of amides is 1. The summed E-state index contributed by atoms with van der Waals surface area (Å²) in [6.07, 6.45) is 1.96. The van der Waals surface area contributed by atoms with Crippen LogP contribution in [0.25, 0.3) is 0 Å². The van der Waals surface area contributed by atoms with Crippen molar-refractivity contribution >= 4 is 11.6 Å². The lowest BCUT2D eigenvalue weighted by Crippen LogP contribution is -2.14. The topological polar surface area (TPSA) is 46.9 Å². The first-order valence-corrected chi connectivity index (χ1v) is 7.14. The van der Waals surface area contributed by atoms with Crippen molar-refractivity contribution in [1.82, 2.24) is 9.78 Å². The van der Waals surface area contributed by atoms with Crippen molar-refractivity contribution in [2.75, 3.05) is 5.32 Å². The van der Waals surface area contributed by atoms with E-state index in [2.05, 4.69) is 10.4 Å². The van der Waals surface area contributed by atoms with E-state index in [4.69, 9.17) is 0 Å². The summed E-state index contributed by atoms with van der Waals surface area (Å²) >= 11 is 0. The summed E-state index contributed by atoms with van der Waals surface area (Å²) in [5.41, 5.74) is 3.51. The van der Waals surface area contributed by atoms with Crippen LogP contribution in [0.3, 0.4) is 0 Å². The SMILES string of the molecule is Cc1nn(Cc2ccc(F)cc2)c(C)c1NC(=O)C1CC1. The minimum atomic E-state index is -0.246. The predicted molar refractivity (Wildman–Crippen MR) is 78.6 cm³/mol. The van der Waals surface area contributed by atoms with Gasteiger partial charge in [0.2, 0.25) is 5.91 Å². The number of carbonyl (C=O) groups excluding carboxylic acids is 1. The third kappa shape index (κ3) is 2.96. The van der Waals surface area contributed by atoms with Crippen molar-refractivity contribution < 1.29 is 9.18 Å². The first kappa shape index (κ1) is 13.8. The zero-order valence-corrected chi connectivity index (χ0v) is 12.2. The summed E-state index contributed by atoms with van der Waals surface area (Å²) < 4.78 is 14.8. The summed E-state index contributed by atoms with van der Waals surface area (Å²) in [4.78, 5) is 11.9. The molecule has 1 aromatic carbocycles. The number of nitrogens with zero attached hydrogens (tertiary/aromatic N) is 2. The Hall–Kier alpha value is -2.17. The lowest BCUT2D eigenvalue weighted by Gasteiger charge is -2.07. The lowest BCUT2D eigenvalue weighted by molar-refractivity contribution is -0.117. The molecule has 0 bridgehead atoms. The second-order valence-electron chi connectivity index (χ2n) is 5.59. The number of nitrogens with one attached hydrogen (secondary N) is 1. The largest absolute Gasteiger partial charge is 0.323 e. The third-order valence-corrected chi connectivity index (χ3v) is 3.82. The van der Waals surface area contributed by atoms with Crippen molar-refractivity contribution in [3.8, 4) is 0 Å². The molecular weight excluding hydrogens is 269 g/mol. The van der Waals surface area contributed by atoms with Crippen LogP contribution in [-0.2, 0) is 11.3 Å². The fraction of sp³-hybridized carbons (Fsp3) is 0.375. The fourth-order valence-corrected chi connectivity index (χ4v) is 2.37. The van der Waals surface area contributed by atoms with Gasteiger partial charge in [-0.3, -0.25) is 9.48 Å². The standard InChI is InChI=1S/C16H18FN3O/c1-10-15(18-16(21)13-5-6-13)11(2)20(19-10)9-12-3-7-14(17)8-4-12/h3-4,7-8,13H,5-6,9H2,1-2H3,(H,18,21). The molecule has 1 amide bonds. The highest BCUT2D eigenvalue weighted by atomic mass is 19.1. The monoisotopic (exact) mass is 287 g/mol. The molecule has 2 aromatic rings. The number of halogens is 1. The summed E-state index contributed by atoms with van der Waals surface area (Å²) in [5.74, 6) is 0.0104. The molecule has 1 saturated carbocycles. The predicted octanol–water partition coefficient (Wildman–Crippen LogP) is 3.04. The average Bonchev–Trinajstić information content (AvgIpc) is 3.26. The van der Waals surface area contributed by atoms with Gasteiger partial charge in [0.05, 0.1) is 23.6 Å². The van der Waals surface area contributed by atoms with Crippen LogP contribution < -0.4 is 5.32 Å². The maximum absolute atomic E-state index is 12.9. The molecule has 1 N–H and O–H groups in total. The van der Waals surface area contributed by atoms with E-state index in [9.17, 15) is 9.18 Å². The van der Waals surface area contributed by atoms with Crippen LogP contribution in [0.4, 0.5) is 10.1 Å². The fourth-order valence-electron chi connectivity index (χ4n) is 2.37. The molecule has 1 aromatic heterocycles. The van der Waals surface area contributed by atoms with Crippen LogP contribution in [0.5, 0.6) is 0 Å². The van der Waals surface area contributed by atoms with E-state index >= 15 is 0 Å². The molecule has 0 spiro atoms. The first-order chi connectivity index (χ1) is 10.0. The number of aromatic nitrogens is 2. The molecule has 0 radical (unpaired) electrons. The van der Waals surface area contributed by atoms with Crippen LogP contribution >= 0.6 is 0 Å². The lowest BCUT2D eigenvalue weighted by atomic mass is 10.2. The van der Waals surface area contributed by atoms with Crippen molar-refractivity contribution in [2.45, 2.75) is 33.2 Å². The van der Waals surface area contributed by atoms with Crippen molar-refractivity contribution in [3.05, 3.63) is 47.0 Å². The molecule has 0 unspecified atom stereocenters. The first-order valence-electron chi connectivity index (χ1n) is 7.14. The van der Waals surface area contributed by atoms with Crippen LogP contribution in [0, 0.1) is 25.6 Å². The summed E-state index contributed by atoms with van der Waals surface area (Å²) in [6.45, 7) is 4.38. The van der Waals surface area contributed by atoms with Crippen LogP contribution in [0.1, 0.15) is 29.8 Å². The van der Waals surface area contributed by atoms with E-state index < -0.39 is 0 Å². The van der Waals surface area contributed by atoms with E-state index in [1.165, 1.54) is 12.1 Å². The molecular formula is C16H18FN3O. The Kier molecular flexibility index (Phi) is 3.49. The van der Waals surface area contributed by atoms with Crippen molar-refractivity contribution in [2.24, 2.45) is 5.92 Å². The number of anilines is 1. The van der Waals surface area contributed by atoms with E-state index in [0.29, 0.717) is 6.54 Å². The van der Waals surface area contributed by atoms with Gasteiger partial charge in [-0.15, -0.1) is 0 Å². The Balaban J connectivity index is 1.79. The molecule has 3 rings (SSSR count). The Morgan fingerprint density at radius 1 is 1.33 bits per heavy atom. The summed E-state index contributed by atoms with van der Waals surface area (Å²) in [5, 5.41) is 7.44. The molecule has 5 heteroatoms. The maximum atomic E-state index is 12.9. The van der Waals surface area contributed by atoms with Gasteiger partial charge >= 0.3 is 0 Å². The molecule has 0 aliphatic heterocycles. The number of rotatable bonds is 4. The van der Waals surface area contributed by atoms with Gasteiger partial charge in [-0.2, -0.15) is 5.10 Å². The van der Waals surface area contributed by atoms with Gasteiger partial charge < -0.3 is 5.32 Å². The molecule has 1 aliphatic carbocycles. The summed E-state index contributed by atoms with van der Waals surface area (Å²) in [7, 11) is 0. The van der Waals surface area contributed by atoms with Crippen LogP contribution in [0.2, 0.25) is 0 Å². The third-order valence-electron chi connectivity index (χ3n) is 3.82. The Labute approximate surface area is 123 Å². The molecule has 0 saturated heterocycles. The number of hydrogen-bond donors (Lipinski definition) is 1. The molecule has 110 valence electrons. The molecule has 1 fully saturated rings. The van der Waals surface area contributed by atoms with Gasteiger partial charge in [-0.05, 0) is 44.4 Å². The second-order valence-corrected chi connectivity index (χ2v) is 5.59. The van der Waals surface area contributed by atoms with E-state index in [1.54, 1.807) is 12.1 Å². The van der Waals surface area contributed by atoms with Crippen LogP contribution in [-0.4, -0.2) is 15.7 Å². The molecule has 21 heavy (non-hydrogen) atoms. The van der Waals surface area contributed by atoms with Gasteiger partial charge in [-0.25, -0.2) is 4.39 Å². The highest BCUT2D eigenvalue weighted by Crippen LogP contribution is 2.31. The molecule has 0 atom stereocenters. The van der Waals surface area contributed by atoms with Gasteiger partial charge in [0.15, 0.2) is 0 Å². The van der Waals surface area contributed by atoms with Gasteiger partial charge in [-0.1, -0.05) is 12.1 Å². The number of benzene rings is 1. The van der Waals surface area contributed by atoms with Crippen molar-refractivity contribution in [3.63, 3.8) is 0 Å². The average molecular weight is 287 g/mol. The molecule has 1 heterocycles. The van der Waals surface area contributed by atoms with E-state index in [0.717, 1.165) is 35.5 Å². The normalized spacial score (nSPS) is 14.2. The maximum Gasteiger partial charge on any atom is 0.227 e. The van der Waals surface area contributed by atoms with Crippen LogP contribution in [0.15, 0.2) is 24.3 Å². The highest BCUT2D eigenvalue weighted by molar-refractivity contribution is 5.95. The molecule has 1 aliphatic rings.